The lowest BCUT2D eigenvalue weighted by Crippen LogP contribution is -2.40. The van der Waals surface area contributed by atoms with Gasteiger partial charge in [-0.1, -0.05) is 52.7 Å². The summed E-state index contributed by atoms with van der Waals surface area (Å²) < 4.78 is 17.6. The molecule has 1 atom stereocenters. The van der Waals surface area contributed by atoms with Gasteiger partial charge in [-0.15, -0.1) is 0 Å². The van der Waals surface area contributed by atoms with Crippen LogP contribution in [0.25, 0.3) is 6.08 Å². The first kappa shape index (κ1) is 27.6. The number of thiazole rings is 1. The molecule has 2 aromatic carbocycles. The van der Waals surface area contributed by atoms with Crippen LogP contribution in [0.4, 0.5) is 0 Å². The summed E-state index contributed by atoms with van der Waals surface area (Å²) in [6.45, 7) is 5.21. The smallest absolute Gasteiger partial charge is 0.344 e. The molecule has 0 aliphatic carbocycles. The zero-order chi connectivity index (χ0) is 27.4. The second kappa shape index (κ2) is 12.0. The molecule has 1 aliphatic rings. The summed E-state index contributed by atoms with van der Waals surface area (Å²) in [6, 6.07) is 11.0. The largest absolute Gasteiger partial charge is 0.481 e. The number of ether oxygens (including phenoxy) is 3. The predicted molar refractivity (Wildman–Crippen MR) is 145 cm³/mol. The molecule has 0 bridgehead atoms. The van der Waals surface area contributed by atoms with Gasteiger partial charge in [-0.25, -0.2) is 14.6 Å². The predicted octanol–water partition coefficient (Wildman–Crippen LogP) is 4.05. The molecule has 0 unspecified atom stereocenters. The third-order valence-corrected chi connectivity index (χ3v) is 7.19. The zero-order valence-corrected chi connectivity index (χ0v) is 23.2. The Kier molecular flexibility index (Phi) is 8.71. The van der Waals surface area contributed by atoms with E-state index in [0.717, 1.165) is 11.3 Å². The Balaban J connectivity index is 1.88. The van der Waals surface area contributed by atoms with Crippen molar-refractivity contribution in [3.05, 3.63) is 94.6 Å². The summed E-state index contributed by atoms with van der Waals surface area (Å²) in [6.07, 6.45) is 1.61. The van der Waals surface area contributed by atoms with Crippen LogP contribution in [-0.4, -0.2) is 36.3 Å². The summed E-state index contributed by atoms with van der Waals surface area (Å²) in [4.78, 5) is 43.6. The van der Waals surface area contributed by atoms with Gasteiger partial charge in [-0.2, -0.15) is 0 Å². The maximum absolute atomic E-state index is 13.8. The third-order valence-electron chi connectivity index (χ3n) is 5.63. The van der Waals surface area contributed by atoms with E-state index in [4.69, 9.17) is 37.4 Å². The van der Waals surface area contributed by atoms with Gasteiger partial charge in [0, 0.05) is 15.6 Å². The first-order chi connectivity index (χ1) is 18.2. The molecular weight excluding hydrogens is 551 g/mol. The van der Waals surface area contributed by atoms with Crippen molar-refractivity contribution in [2.24, 2.45) is 4.99 Å². The highest BCUT2D eigenvalue weighted by Gasteiger charge is 2.34. The van der Waals surface area contributed by atoms with Crippen LogP contribution in [0.2, 0.25) is 10.0 Å². The number of carbonyl (C=O) groups is 2. The quantitative estimate of drug-likeness (QED) is 0.377. The summed E-state index contributed by atoms with van der Waals surface area (Å²) in [5.41, 5.74) is 1.34. The Bertz CT molecular complexity index is 1610. The second-order valence-electron chi connectivity index (χ2n) is 8.10. The lowest BCUT2D eigenvalue weighted by Gasteiger charge is -2.25. The maximum atomic E-state index is 13.8. The van der Waals surface area contributed by atoms with Gasteiger partial charge in [0.15, 0.2) is 11.4 Å². The highest BCUT2D eigenvalue weighted by molar-refractivity contribution is 7.07. The number of fused-ring (bicyclic) bond motifs is 1. The highest BCUT2D eigenvalue weighted by Crippen LogP contribution is 2.34. The lowest BCUT2D eigenvalue weighted by molar-refractivity contribution is -0.145. The topological polar surface area (TPSA) is 96.2 Å². The van der Waals surface area contributed by atoms with Gasteiger partial charge in [0.2, 0.25) is 0 Å². The van der Waals surface area contributed by atoms with Gasteiger partial charge in [0.1, 0.15) is 11.8 Å². The van der Waals surface area contributed by atoms with Crippen LogP contribution in [0.3, 0.4) is 0 Å². The summed E-state index contributed by atoms with van der Waals surface area (Å²) in [7, 11) is 0. The molecule has 0 saturated carbocycles. The van der Waals surface area contributed by atoms with Crippen molar-refractivity contribution < 1.29 is 23.8 Å². The fourth-order valence-electron chi connectivity index (χ4n) is 4.03. The lowest BCUT2D eigenvalue weighted by atomic mass is 9.96. The molecule has 0 fully saturated rings. The van der Waals surface area contributed by atoms with Crippen molar-refractivity contribution >= 4 is 52.6 Å². The van der Waals surface area contributed by atoms with Crippen molar-refractivity contribution in [2.45, 2.75) is 26.8 Å². The van der Waals surface area contributed by atoms with E-state index >= 15 is 0 Å². The summed E-state index contributed by atoms with van der Waals surface area (Å²) in [5, 5.41) is 0.815. The maximum Gasteiger partial charge on any atom is 0.344 e. The first-order valence-corrected chi connectivity index (χ1v) is 13.3. The van der Waals surface area contributed by atoms with Crippen molar-refractivity contribution in [1.82, 2.24) is 4.57 Å². The number of hydrogen-bond acceptors (Lipinski definition) is 8. The number of carbonyl (C=O) groups excluding carboxylic acids is 2. The van der Waals surface area contributed by atoms with E-state index in [1.165, 1.54) is 4.57 Å². The standard InChI is InChI=1S/C27H24Cl2N2O6S/c1-4-35-22(32)14-37-20-11-10-17(28)12-16(20)13-21-25(33)31-24(18-8-6-7-9-19(18)29)23(26(34)36-5-2)15(3)30-27(31)38-21/h6-13,24H,4-5,14H2,1-3H3/b21-13-/t24-/m0/s1. The van der Waals surface area contributed by atoms with Crippen molar-refractivity contribution in [3.63, 3.8) is 0 Å². The molecule has 8 nitrogen and oxygen atoms in total. The van der Waals surface area contributed by atoms with E-state index < -0.39 is 18.0 Å². The van der Waals surface area contributed by atoms with Gasteiger partial charge in [-0.05, 0) is 56.7 Å². The van der Waals surface area contributed by atoms with Crippen molar-refractivity contribution in [1.29, 1.82) is 0 Å². The molecule has 0 saturated heterocycles. The van der Waals surface area contributed by atoms with E-state index in [0.29, 0.717) is 42.0 Å². The summed E-state index contributed by atoms with van der Waals surface area (Å²) in [5.74, 6) is -0.744. The Morgan fingerprint density at radius 1 is 1.11 bits per heavy atom. The normalized spacial score (nSPS) is 15.1. The van der Waals surface area contributed by atoms with E-state index in [9.17, 15) is 14.4 Å². The van der Waals surface area contributed by atoms with Crippen LogP contribution >= 0.6 is 34.5 Å². The van der Waals surface area contributed by atoms with Crippen LogP contribution in [0, 0.1) is 0 Å². The van der Waals surface area contributed by atoms with E-state index in [2.05, 4.69) is 4.99 Å². The molecule has 3 aromatic rings. The number of aromatic nitrogens is 1. The molecule has 0 radical (unpaired) electrons. The van der Waals surface area contributed by atoms with Gasteiger partial charge >= 0.3 is 11.9 Å². The average molecular weight is 575 g/mol. The molecule has 0 N–H and O–H groups in total. The van der Waals surface area contributed by atoms with Gasteiger partial charge in [-0.3, -0.25) is 9.36 Å². The van der Waals surface area contributed by atoms with E-state index in [-0.39, 0.29) is 31.0 Å². The number of halogens is 2. The van der Waals surface area contributed by atoms with Crippen LogP contribution in [0.5, 0.6) is 5.75 Å². The van der Waals surface area contributed by atoms with Crippen molar-refractivity contribution in [3.8, 4) is 5.75 Å². The molecule has 4 rings (SSSR count). The number of esters is 2. The van der Waals surface area contributed by atoms with Gasteiger partial charge < -0.3 is 14.2 Å². The van der Waals surface area contributed by atoms with Crippen LogP contribution in [0.1, 0.15) is 37.9 Å². The number of nitrogens with zero attached hydrogens (tertiary/aromatic N) is 2. The minimum absolute atomic E-state index is 0.165. The number of hydrogen-bond donors (Lipinski definition) is 0. The Morgan fingerprint density at radius 3 is 2.55 bits per heavy atom. The number of benzene rings is 2. The number of allylic oxidation sites excluding steroid dienone is 1. The molecule has 2 heterocycles. The molecule has 1 aromatic heterocycles. The minimum Gasteiger partial charge on any atom is -0.481 e. The van der Waals surface area contributed by atoms with Crippen LogP contribution in [-0.2, 0) is 19.1 Å². The molecule has 11 heteroatoms. The molecule has 0 amide bonds. The van der Waals surface area contributed by atoms with Crippen LogP contribution in [0.15, 0.2) is 63.5 Å². The molecule has 198 valence electrons. The average Bonchev–Trinajstić information content (AvgIpc) is 3.17. The van der Waals surface area contributed by atoms with E-state index in [1.807, 2.05) is 0 Å². The minimum atomic E-state index is -0.833. The Labute approximate surface area is 232 Å². The molecular formula is C27H24Cl2N2O6S. The second-order valence-corrected chi connectivity index (χ2v) is 9.95. The first-order valence-electron chi connectivity index (χ1n) is 11.8. The van der Waals surface area contributed by atoms with Crippen LogP contribution < -0.4 is 19.6 Å². The zero-order valence-electron chi connectivity index (χ0n) is 20.8. The van der Waals surface area contributed by atoms with Crippen molar-refractivity contribution in [2.75, 3.05) is 19.8 Å². The molecule has 0 spiro atoms. The summed E-state index contributed by atoms with van der Waals surface area (Å²) >= 11 is 13.9. The molecule has 38 heavy (non-hydrogen) atoms. The monoisotopic (exact) mass is 574 g/mol. The SMILES string of the molecule is CCOC(=O)COc1ccc(Cl)cc1/C=c1\sc2n(c1=O)[C@@H](c1ccccc1Cl)C(C(=O)OCC)=C(C)N=2. The third kappa shape index (κ3) is 5.70. The fourth-order valence-corrected chi connectivity index (χ4v) is 5.48. The van der Waals surface area contributed by atoms with E-state index in [1.54, 1.807) is 69.3 Å². The van der Waals surface area contributed by atoms with Gasteiger partial charge in [0.05, 0.1) is 29.0 Å². The number of rotatable bonds is 8. The Morgan fingerprint density at radius 2 is 1.84 bits per heavy atom. The molecule has 1 aliphatic heterocycles. The van der Waals surface area contributed by atoms with Gasteiger partial charge in [0.25, 0.3) is 5.56 Å². The highest BCUT2D eigenvalue weighted by atomic mass is 35.5. The Hall–Kier alpha value is -3.40. The fraction of sp³-hybridized carbons (Fsp3) is 0.259.